The van der Waals surface area contributed by atoms with Crippen LogP contribution in [0.5, 0.6) is 11.5 Å². The first-order valence-electron chi connectivity index (χ1n) is 10.5. The number of para-hydroxylation sites is 2. The first kappa shape index (κ1) is 18.5. The third kappa shape index (κ3) is 3.18. The smallest absolute Gasteiger partial charge is 0.231 e. The molecule has 2 N–H and O–H groups in total. The van der Waals surface area contributed by atoms with E-state index in [1.807, 2.05) is 24.3 Å². The maximum Gasteiger partial charge on any atom is 0.231 e. The Kier molecular flexibility index (Phi) is 4.28. The van der Waals surface area contributed by atoms with Crippen LogP contribution in [0.3, 0.4) is 0 Å². The summed E-state index contributed by atoms with van der Waals surface area (Å²) in [5.74, 6) is 1.82. The highest BCUT2D eigenvalue weighted by Crippen LogP contribution is 2.46. The van der Waals surface area contributed by atoms with Crippen molar-refractivity contribution >= 4 is 28.5 Å². The Balaban J connectivity index is 1.42. The minimum absolute atomic E-state index is 0.101. The van der Waals surface area contributed by atoms with Gasteiger partial charge in [-0.1, -0.05) is 18.2 Å². The second kappa shape index (κ2) is 7.17. The van der Waals surface area contributed by atoms with E-state index in [2.05, 4.69) is 47.9 Å². The van der Waals surface area contributed by atoms with E-state index >= 15 is 0 Å². The molecule has 6 heteroatoms. The first-order valence-corrected chi connectivity index (χ1v) is 11.3. The topological polar surface area (TPSA) is 59.6 Å². The zero-order valence-electron chi connectivity index (χ0n) is 17.1. The van der Waals surface area contributed by atoms with E-state index in [4.69, 9.17) is 9.47 Å². The number of carbonyl (C=O) groups excluding carboxylic acids is 1. The van der Waals surface area contributed by atoms with Crippen molar-refractivity contribution in [2.45, 2.75) is 31.7 Å². The third-order valence-electron chi connectivity index (χ3n) is 6.22. The Hall–Kier alpha value is -3.25. The van der Waals surface area contributed by atoms with E-state index in [9.17, 15) is 4.79 Å². The van der Waals surface area contributed by atoms with Crippen molar-refractivity contribution in [3.05, 3.63) is 81.2 Å². The lowest BCUT2D eigenvalue weighted by atomic mass is 9.79. The average Bonchev–Trinajstić information content (AvgIpc) is 3.38. The van der Waals surface area contributed by atoms with Gasteiger partial charge >= 0.3 is 0 Å². The summed E-state index contributed by atoms with van der Waals surface area (Å²) in [5, 5.41) is 7.24. The molecule has 0 saturated heterocycles. The van der Waals surface area contributed by atoms with Crippen LogP contribution in [0.2, 0.25) is 0 Å². The summed E-state index contributed by atoms with van der Waals surface area (Å²) in [4.78, 5) is 16.0. The Bertz CT molecular complexity index is 1230. The summed E-state index contributed by atoms with van der Waals surface area (Å²) in [6.07, 6.45) is 1.26. The van der Waals surface area contributed by atoms with Crippen LogP contribution in [-0.2, 0) is 4.79 Å². The highest BCUT2D eigenvalue weighted by Gasteiger charge is 2.36. The molecule has 2 atom stereocenters. The Morgan fingerprint density at radius 3 is 2.65 bits per heavy atom. The number of nitrogens with one attached hydrogen (secondary N) is 2. The lowest BCUT2D eigenvalue weighted by molar-refractivity contribution is -0.116. The van der Waals surface area contributed by atoms with E-state index in [0.717, 1.165) is 46.1 Å². The normalized spacial score (nSPS) is 21.6. The van der Waals surface area contributed by atoms with E-state index in [-0.39, 0.29) is 24.5 Å². The van der Waals surface area contributed by atoms with Crippen molar-refractivity contribution in [2.24, 2.45) is 0 Å². The molecule has 31 heavy (non-hydrogen) atoms. The van der Waals surface area contributed by atoms with Crippen LogP contribution in [0.25, 0.3) is 0 Å². The molecule has 3 aromatic rings. The van der Waals surface area contributed by atoms with Gasteiger partial charge in [0.15, 0.2) is 17.3 Å². The number of rotatable bonds is 2. The summed E-state index contributed by atoms with van der Waals surface area (Å²) >= 11 is 1.74. The molecule has 0 saturated carbocycles. The molecule has 1 aliphatic carbocycles. The highest BCUT2D eigenvalue weighted by molar-refractivity contribution is 7.12. The van der Waals surface area contributed by atoms with Crippen LogP contribution in [0.15, 0.2) is 65.9 Å². The lowest BCUT2D eigenvalue weighted by Crippen LogP contribution is -2.26. The van der Waals surface area contributed by atoms with Crippen LogP contribution in [0.1, 0.15) is 40.1 Å². The number of hydrogen-bond donors (Lipinski definition) is 2. The number of fused-ring (bicyclic) bond motifs is 2. The standard InChI is InChI=1S/C25H22N2O3S/c1-14-6-9-23(31-14)25-24-19(26-17-4-2-3-5-18(17)27-25)10-16(11-20(24)28)15-7-8-21-22(12-15)30-13-29-21/h2-9,12,16,25-27H,10-11,13H2,1H3/t16-,25-/m1/s1. The van der Waals surface area contributed by atoms with Crippen molar-refractivity contribution in [1.29, 1.82) is 0 Å². The van der Waals surface area contributed by atoms with Crippen molar-refractivity contribution in [2.75, 3.05) is 17.4 Å². The van der Waals surface area contributed by atoms with Crippen LogP contribution >= 0.6 is 11.3 Å². The van der Waals surface area contributed by atoms with Gasteiger partial charge in [-0.3, -0.25) is 4.79 Å². The lowest BCUT2D eigenvalue weighted by Gasteiger charge is -2.29. The Labute approximate surface area is 184 Å². The minimum Gasteiger partial charge on any atom is -0.454 e. The maximum atomic E-state index is 13.6. The van der Waals surface area contributed by atoms with Crippen LogP contribution in [0.4, 0.5) is 11.4 Å². The maximum absolute atomic E-state index is 13.6. The van der Waals surface area contributed by atoms with Crippen LogP contribution in [-0.4, -0.2) is 12.6 Å². The molecule has 1 aromatic heterocycles. The van der Waals surface area contributed by atoms with E-state index in [1.54, 1.807) is 11.3 Å². The van der Waals surface area contributed by atoms with Gasteiger partial charge in [0.05, 0.1) is 17.4 Å². The molecule has 0 radical (unpaired) electrons. The summed E-state index contributed by atoms with van der Waals surface area (Å²) in [6.45, 7) is 2.36. The van der Waals surface area contributed by atoms with Gasteiger partial charge in [0.25, 0.3) is 0 Å². The van der Waals surface area contributed by atoms with Gasteiger partial charge in [0.1, 0.15) is 0 Å². The number of ketones is 1. The largest absolute Gasteiger partial charge is 0.454 e. The fraction of sp³-hybridized carbons (Fsp3) is 0.240. The van der Waals surface area contributed by atoms with Gasteiger partial charge in [-0.2, -0.15) is 0 Å². The second-order valence-electron chi connectivity index (χ2n) is 8.23. The molecule has 0 bridgehead atoms. The molecule has 0 spiro atoms. The molecule has 3 aliphatic rings. The van der Waals surface area contributed by atoms with Crippen molar-refractivity contribution in [3.8, 4) is 11.5 Å². The van der Waals surface area contributed by atoms with Gasteiger partial charge in [-0.25, -0.2) is 0 Å². The van der Waals surface area contributed by atoms with Gasteiger partial charge < -0.3 is 20.1 Å². The molecule has 5 nitrogen and oxygen atoms in total. The molecule has 0 amide bonds. The quantitative estimate of drug-likeness (QED) is 0.541. The predicted molar refractivity (Wildman–Crippen MR) is 122 cm³/mol. The molecule has 6 rings (SSSR count). The SMILES string of the molecule is Cc1ccc([C@H]2Nc3ccccc3NC3=C2C(=O)C[C@H](c2ccc4c(c2)OCO4)C3)s1. The van der Waals surface area contributed by atoms with Crippen molar-refractivity contribution in [3.63, 3.8) is 0 Å². The van der Waals surface area contributed by atoms with E-state index in [0.29, 0.717) is 6.42 Å². The Morgan fingerprint density at radius 2 is 1.81 bits per heavy atom. The van der Waals surface area contributed by atoms with Gasteiger partial charge in [0, 0.05) is 27.4 Å². The summed E-state index contributed by atoms with van der Waals surface area (Å²) in [7, 11) is 0. The monoisotopic (exact) mass is 430 g/mol. The summed E-state index contributed by atoms with van der Waals surface area (Å²) in [6, 6.07) is 18.3. The van der Waals surface area contributed by atoms with Crippen LogP contribution < -0.4 is 20.1 Å². The minimum atomic E-state index is -0.143. The fourth-order valence-electron chi connectivity index (χ4n) is 4.72. The van der Waals surface area contributed by atoms with Gasteiger partial charge in [-0.15, -0.1) is 11.3 Å². The number of anilines is 2. The number of thiophene rings is 1. The third-order valence-corrected chi connectivity index (χ3v) is 7.29. The first-order chi connectivity index (χ1) is 15.2. The summed E-state index contributed by atoms with van der Waals surface area (Å²) in [5.41, 5.74) is 4.99. The predicted octanol–water partition coefficient (Wildman–Crippen LogP) is 5.76. The molecular weight excluding hydrogens is 408 g/mol. The van der Waals surface area contributed by atoms with Crippen LogP contribution in [0, 0.1) is 6.92 Å². The molecule has 0 fully saturated rings. The zero-order chi connectivity index (χ0) is 20.9. The number of ether oxygens (including phenoxy) is 2. The molecule has 2 aliphatic heterocycles. The van der Waals surface area contributed by atoms with Crippen molar-refractivity contribution < 1.29 is 14.3 Å². The number of aryl methyl sites for hydroxylation is 1. The number of Topliss-reactive ketones (excluding diaryl/α,β-unsaturated/α-hetero) is 1. The number of hydrogen-bond acceptors (Lipinski definition) is 6. The number of benzene rings is 2. The van der Waals surface area contributed by atoms with E-state index < -0.39 is 0 Å². The van der Waals surface area contributed by atoms with Gasteiger partial charge in [-0.05, 0) is 61.2 Å². The molecule has 3 heterocycles. The number of allylic oxidation sites excluding steroid dienone is 1. The molecule has 156 valence electrons. The zero-order valence-corrected chi connectivity index (χ0v) is 17.9. The summed E-state index contributed by atoms with van der Waals surface area (Å²) < 4.78 is 11.0. The van der Waals surface area contributed by atoms with Crippen molar-refractivity contribution in [1.82, 2.24) is 0 Å². The second-order valence-corrected chi connectivity index (χ2v) is 9.55. The highest BCUT2D eigenvalue weighted by atomic mass is 32.1. The Morgan fingerprint density at radius 1 is 0.968 bits per heavy atom. The fourth-order valence-corrected chi connectivity index (χ4v) is 5.66. The molecule has 2 aromatic carbocycles. The van der Waals surface area contributed by atoms with Gasteiger partial charge in [0.2, 0.25) is 6.79 Å². The molecule has 0 unspecified atom stereocenters. The number of carbonyl (C=O) groups is 1. The van der Waals surface area contributed by atoms with E-state index in [1.165, 1.54) is 9.75 Å². The average molecular weight is 431 g/mol. The molecular formula is C25H22N2O3S.